The number of ether oxygens (including phenoxy) is 1. The number of hydrogen-bond donors (Lipinski definition) is 1. The zero-order chi connectivity index (χ0) is 17.8. The second-order valence-corrected chi connectivity index (χ2v) is 5.27. The van der Waals surface area contributed by atoms with Gasteiger partial charge in [-0.25, -0.2) is 0 Å². The van der Waals surface area contributed by atoms with Gasteiger partial charge in [-0.1, -0.05) is 18.2 Å². The van der Waals surface area contributed by atoms with E-state index in [4.69, 9.17) is 10.00 Å². The summed E-state index contributed by atoms with van der Waals surface area (Å²) in [5.41, 5.74) is 1.53. The molecule has 7 nitrogen and oxygen atoms in total. The standard InChI is InChI=1S/C18H14N4O3/c1-22-15-5-3-2-4-14(15)17(18(22)24)21-20-16(23)11-25-13-8-6-12(10-19)7-9-13/h2-9,24H,11H2,1H3. The van der Waals surface area contributed by atoms with Gasteiger partial charge in [0.25, 0.3) is 0 Å². The van der Waals surface area contributed by atoms with Gasteiger partial charge >= 0.3 is 5.91 Å². The summed E-state index contributed by atoms with van der Waals surface area (Å²) in [6.45, 7) is -0.291. The average molecular weight is 334 g/mol. The van der Waals surface area contributed by atoms with Crippen LogP contribution < -0.4 is 4.74 Å². The fraction of sp³-hybridized carbons (Fsp3) is 0.111. The van der Waals surface area contributed by atoms with Crippen molar-refractivity contribution in [1.82, 2.24) is 4.57 Å². The molecule has 0 saturated heterocycles. The van der Waals surface area contributed by atoms with E-state index < -0.39 is 5.91 Å². The third-order valence-corrected chi connectivity index (χ3v) is 3.66. The van der Waals surface area contributed by atoms with Crippen LogP contribution in [0, 0.1) is 11.3 Å². The normalized spacial score (nSPS) is 10.9. The number of hydrogen-bond acceptors (Lipinski definition) is 5. The summed E-state index contributed by atoms with van der Waals surface area (Å²) < 4.78 is 6.87. The van der Waals surface area contributed by atoms with Gasteiger partial charge < -0.3 is 14.4 Å². The number of benzene rings is 2. The number of carbonyl (C=O) groups excluding carboxylic acids is 1. The highest BCUT2D eigenvalue weighted by Crippen LogP contribution is 2.37. The number of aromatic nitrogens is 1. The molecule has 1 amide bonds. The average Bonchev–Trinajstić information content (AvgIpc) is 2.89. The van der Waals surface area contributed by atoms with E-state index in [9.17, 15) is 9.90 Å². The van der Waals surface area contributed by atoms with Crippen molar-refractivity contribution in [3.63, 3.8) is 0 Å². The van der Waals surface area contributed by atoms with Crippen LogP contribution in [0.1, 0.15) is 5.56 Å². The predicted molar refractivity (Wildman–Crippen MR) is 90.8 cm³/mol. The molecule has 0 aliphatic carbocycles. The molecular formula is C18H14N4O3. The van der Waals surface area contributed by atoms with Crippen molar-refractivity contribution in [2.45, 2.75) is 0 Å². The highest BCUT2D eigenvalue weighted by atomic mass is 16.5. The molecule has 3 aromatic rings. The maximum atomic E-state index is 11.8. The van der Waals surface area contributed by atoms with Gasteiger partial charge in [-0.15, -0.1) is 10.2 Å². The molecule has 124 valence electrons. The number of rotatable bonds is 4. The third kappa shape index (κ3) is 3.33. The van der Waals surface area contributed by atoms with Gasteiger partial charge in [0.15, 0.2) is 12.3 Å². The van der Waals surface area contributed by atoms with Gasteiger partial charge in [0, 0.05) is 12.4 Å². The topological polar surface area (TPSA) is 100.0 Å². The lowest BCUT2D eigenvalue weighted by Crippen LogP contribution is -2.07. The van der Waals surface area contributed by atoms with E-state index in [1.54, 1.807) is 41.9 Å². The van der Waals surface area contributed by atoms with Crippen LogP contribution in [0.4, 0.5) is 5.69 Å². The number of para-hydroxylation sites is 1. The molecule has 0 spiro atoms. The lowest BCUT2D eigenvalue weighted by Gasteiger charge is -2.02. The molecule has 1 heterocycles. The number of nitriles is 1. The first-order valence-electron chi connectivity index (χ1n) is 7.44. The molecule has 3 rings (SSSR count). The van der Waals surface area contributed by atoms with Crippen LogP contribution >= 0.6 is 0 Å². The summed E-state index contributed by atoms with van der Waals surface area (Å²) in [6.07, 6.45) is 0. The van der Waals surface area contributed by atoms with Gasteiger partial charge in [-0.3, -0.25) is 4.79 Å². The smallest absolute Gasteiger partial charge is 0.302 e. The third-order valence-electron chi connectivity index (χ3n) is 3.66. The number of azo groups is 1. The summed E-state index contributed by atoms with van der Waals surface area (Å²) in [4.78, 5) is 11.8. The quantitative estimate of drug-likeness (QED) is 0.738. The van der Waals surface area contributed by atoms with Crippen molar-refractivity contribution in [2.75, 3.05) is 6.61 Å². The highest BCUT2D eigenvalue weighted by molar-refractivity contribution is 5.95. The second-order valence-electron chi connectivity index (χ2n) is 5.27. The Morgan fingerprint density at radius 3 is 2.68 bits per heavy atom. The van der Waals surface area contributed by atoms with Crippen LogP contribution in [-0.4, -0.2) is 22.2 Å². The van der Waals surface area contributed by atoms with Gasteiger partial charge in [0.1, 0.15) is 5.75 Å². The van der Waals surface area contributed by atoms with E-state index in [1.807, 2.05) is 24.3 Å². The Labute approximate surface area is 143 Å². The Balaban J connectivity index is 1.71. The number of fused-ring (bicyclic) bond motifs is 1. The lowest BCUT2D eigenvalue weighted by atomic mass is 10.2. The van der Waals surface area contributed by atoms with E-state index in [2.05, 4.69) is 10.2 Å². The lowest BCUT2D eigenvalue weighted by molar-refractivity contribution is -0.120. The first-order valence-corrected chi connectivity index (χ1v) is 7.44. The van der Waals surface area contributed by atoms with E-state index in [0.29, 0.717) is 16.7 Å². The molecule has 0 aliphatic rings. The van der Waals surface area contributed by atoms with Crippen LogP contribution in [0.2, 0.25) is 0 Å². The first-order chi connectivity index (χ1) is 12.1. The zero-order valence-corrected chi connectivity index (χ0v) is 13.4. The number of amides is 1. The minimum atomic E-state index is -0.586. The Bertz CT molecular complexity index is 998. The molecule has 25 heavy (non-hydrogen) atoms. The van der Waals surface area contributed by atoms with Crippen molar-refractivity contribution in [1.29, 1.82) is 5.26 Å². The summed E-state index contributed by atoms with van der Waals surface area (Å²) in [6, 6.07) is 15.7. The molecule has 0 unspecified atom stereocenters. The first kappa shape index (κ1) is 16.2. The van der Waals surface area contributed by atoms with E-state index in [1.165, 1.54) is 0 Å². The fourth-order valence-corrected chi connectivity index (χ4v) is 2.36. The molecule has 2 aromatic carbocycles. The van der Waals surface area contributed by atoms with Crippen molar-refractivity contribution in [3.05, 3.63) is 54.1 Å². The van der Waals surface area contributed by atoms with Crippen LogP contribution in [0.15, 0.2) is 58.8 Å². The molecule has 0 fully saturated rings. The van der Waals surface area contributed by atoms with Crippen molar-refractivity contribution in [3.8, 4) is 17.7 Å². The van der Waals surface area contributed by atoms with Crippen LogP contribution in [0.25, 0.3) is 10.9 Å². The van der Waals surface area contributed by atoms with Gasteiger partial charge in [-0.05, 0) is 30.3 Å². The molecule has 1 N–H and O–H groups in total. The number of carbonyl (C=O) groups is 1. The molecule has 0 bridgehead atoms. The summed E-state index contributed by atoms with van der Waals surface area (Å²) in [5.74, 6) is -0.196. The summed E-state index contributed by atoms with van der Waals surface area (Å²) in [7, 11) is 1.70. The molecule has 1 aromatic heterocycles. The van der Waals surface area contributed by atoms with Crippen molar-refractivity contribution in [2.24, 2.45) is 17.3 Å². The van der Waals surface area contributed by atoms with Crippen LogP contribution in [-0.2, 0) is 11.8 Å². The predicted octanol–water partition coefficient (Wildman–Crippen LogP) is 3.44. The summed E-state index contributed by atoms with van der Waals surface area (Å²) in [5, 5.41) is 27.0. The second kappa shape index (κ2) is 6.84. The largest absolute Gasteiger partial charge is 0.493 e. The monoisotopic (exact) mass is 334 g/mol. The fourth-order valence-electron chi connectivity index (χ4n) is 2.36. The zero-order valence-electron chi connectivity index (χ0n) is 13.4. The van der Waals surface area contributed by atoms with Gasteiger partial charge in [0.05, 0.1) is 17.1 Å². The van der Waals surface area contributed by atoms with E-state index in [-0.39, 0.29) is 18.2 Å². The van der Waals surface area contributed by atoms with Crippen molar-refractivity contribution < 1.29 is 14.6 Å². The summed E-state index contributed by atoms with van der Waals surface area (Å²) >= 11 is 0. The Kier molecular flexibility index (Phi) is 4.44. The minimum absolute atomic E-state index is 0.0641. The van der Waals surface area contributed by atoms with Crippen molar-refractivity contribution >= 4 is 22.5 Å². The van der Waals surface area contributed by atoms with Gasteiger partial charge in [-0.2, -0.15) is 5.26 Å². The van der Waals surface area contributed by atoms with Gasteiger partial charge in [0.2, 0.25) is 5.88 Å². The molecule has 0 radical (unpaired) electrons. The molecular weight excluding hydrogens is 320 g/mol. The Hall–Kier alpha value is -3.66. The van der Waals surface area contributed by atoms with E-state index >= 15 is 0 Å². The number of nitrogens with zero attached hydrogens (tertiary/aromatic N) is 4. The number of aryl methyl sites for hydroxylation is 1. The molecule has 7 heteroatoms. The maximum absolute atomic E-state index is 11.8. The molecule has 0 saturated carbocycles. The van der Waals surface area contributed by atoms with E-state index in [0.717, 1.165) is 5.52 Å². The molecule has 0 aliphatic heterocycles. The Morgan fingerprint density at radius 2 is 1.96 bits per heavy atom. The molecule has 0 atom stereocenters. The van der Waals surface area contributed by atoms with Crippen LogP contribution in [0.3, 0.4) is 0 Å². The highest BCUT2D eigenvalue weighted by Gasteiger charge is 2.14. The minimum Gasteiger partial charge on any atom is -0.493 e. The van der Waals surface area contributed by atoms with Crippen LogP contribution in [0.5, 0.6) is 11.6 Å². The SMILES string of the molecule is Cn1c(O)c(N=NC(=O)COc2ccc(C#N)cc2)c2ccccc21. The maximum Gasteiger partial charge on any atom is 0.302 e. The number of aromatic hydroxyl groups is 1. The Morgan fingerprint density at radius 1 is 1.24 bits per heavy atom.